The van der Waals surface area contributed by atoms with Crippen LogP contribution in [0.3, 0.4) is 0 Å². The van der Waals surface area contributed by atoms with Crippen LogP contribution in [0.2, 0.25) is 0 Å². The van der Waals surface area contributed by atoms with E-state index >= 15 is 0 Å². The number of aromatic nitrogens is 6. The maximum absolute atomic E-state index is 5.97. The second-order valence-electron chi connectivity index (χ2n) is 4.04. The smallest absolute Gasteiger partial charge is 0.148 e. The van der Waals surface area contributed by atoms with Gasteiger partial charge in [-0.1, -0.05) is 18.6 Å². The molecule has 2 heterocycles. The SMILES string of the molecule is CCCC(N)c1cn(Cc2ncnn2C)nn1. The zero-order chi connectivity index (χ0) is 12.3. The highest BCUT2D eigenvalue weighted by atomic mass is 15.4. The molecule has 1 unspecified atom stereocenters. The summed E-state index contributed by atoms with van der Waals surface area (Å²) in [5.41, 5.74) is 6.80. The Balaban J connectivity index is 2.06. The van der Waals surface area contributed by atoms with Crippen molar-refractivity contribution in [2.45, 2.75) is 32.4 Å². The number of nitrogens with two attached hydrogens (primary N) is 1. The van der Waals surface area contributed by atoms with Gasteiger partial charge in [0.05, 0.1) is 17.9 Å². The first-order valence-corrected chi connectivity index (χ1v) is 5.69. The second-order valence-corrected chi connectivity index (χ2v) is 4.04. The molecule has 2 aromatic heterocycles. The van der Waals surface area contributed by atoms with Crippen LogP contribution in [0.15, 0.2) is 12.5 Å². The third kappa shape index (κ3) is 2.68. The van der Waals surface area contributed by atoms with Gasteiger partial charge in [0.1, 0.15) is 18.7 Å². The van der Waals surface area contributed by atoms with Crippen molar-refractivity contribution in [2.24, 2.45) is 12.8 Å². The molecular formula is C10H17N7. The van der Waals surface area contributed by atoms with Gasteiger partial charge in [-0.25, -0.2) is 9.67 Å². The minimum absolute atomic E-state index is 0.0340. The third-order valence-corrected chi connectivity index (χ3v) is 2.64. The Morgan fingerprint density at radius 3 is 2.94 bits per heavy atom. The van der Waals surface area contributed by atoms with Crippen LogP contribution in [0.1, 0.15) is 37.3 Å². The maximum Gasteiger partial charge on any atom is 0.148 e. The summed E-state index contributed by atoms with van der Waals surface area (Å²) in [5.74, 6) is 0.838. The summed E-state index contributed by atoms with van der Waals surface area (Å²) in [6, 6.07) is -0.0340. The normalized spacial score (nSPS) is 12.9. The van der Waals surface area contributed by atoms with E-state index in [0.717, 1.165) is 24.4 Å². The predicted molar refractivity (Wildman–Crippen MR) is 62.0 cm³/mol. The lowest BCUT2D eigenvalue weighted by Gasteiger charge is -2.04. The second kappa shape index (κ2) is 5.05. The highest BCUT2D eigenvalue weighted by Crippen LogP contribution is 2.12. The van der Waals surface area contributed by atoms with E-state index in [-0.39, 0.29) is 6.04 Å². The van der Waals surface area contributed by atoms with Gasteiger partial charge in [-0.3, -0.25) is 4.68 Å². The molecule has 0 saturated heterocycles. The molecule has 92 valence electrons. The van der Waals surface area contributed by atoms with Gasteiger partial charge in [-0.05, 0) is 6.42 Å². The van der Waals surface area contributed by atoms with E-state index in [4.69, 9.17) is 5.73 Å². The fourth-order valence-electron chi connectivity index (χ4n) is 1.63. The van der Waals surface area contributed by atoms with Crippen molar-refractivity contribution in [2.75, 3.05) is 0 Å². The summed E-state index contributed by atoms with van der Waals surface area (Å²) in [6.07, 6.45) is 5.35. The molecule has 7 heteroatoms. The predicted octanol–water partition coefficient (Wildman–Crippen LogP) is 0.255. The minimum Gasteiger partial charge on any atom is -0.323 e. The lowest BCUT2D eigenvalue weighted by molar-refractivity contribution is 0.588. The fraction of sp³-hybridized carbons (Fsp3) is 0.600. The van der Waals surface area contributed by atoms with Crippen molar-refractivity contribution in [1.82, 2.24) is 29.8 Å². The highest BCUT2D eigenvalue weighted by Gasteiger charge is 2.10. The molecule has 0 aliphatic heterocycles. The molecule has 0 saturated carbocycles. The molecule has 2 aromatic rings. The van der Waals surface area contributed by atoms with Crippen LogP contribution >= 0.6 is 0 Å². The average molecular weight is 235 g/mol. The molecule has 17 heavy (non-hydrogen) atoms. The number of nitrogens with zero attached hydrogens (tertiary/aromatic N) is 6. The molecule has 2 rings (SSSR count). The van der Waals surface area contributed by atoms with Crippen LogP contribution in [-0.4, -0.2) is 29.8 Å². The molecule has 7 nitrogen and oxygen atoms in total. The summed E-state index contributed by atoms with van der Waals surface area (Å²) in [6.45, 7) is 2.66. The molecule has 2 N–H and O–H groups in total. The first kappa shape index (κ1) is 11.7. The largest absolute Gasteiger partial charge is 0.323 e. The van der Waals surface area contributed by atoms with Crippen molar-refractivity contribution in [3.05, 3.63) is 24.0 Å². The molecule has 1 atom stereocenters. The summed E-state index contributed by atoms with van der Waals surface area (Å²) in [7, 11) is 1.85. The fourth-order valence-corrected chi connectivity index (χ4v) is 1.63. The van der Waals surface area contributed by atoms with E-state index in [1.54, 1.807) is 9.36 Å². The summed E-state index contributed by atoms with van der Waals surface area (Å²) < 4.78 is 3.45. The van der Waals surface area contributed by atoms with E-state index in [9.17, 15) is 0 Å². The Kier molecular flexibility index (Phi) is 3.48. The standard InChI is InChI=1S/C10H17N7/c1-3-4-8(11)9-5-17(15-14-9)6-10-12-7-13-16(10)2/h5,7-8H,3-4,6,11H2,1-2H3. The van der Waals surface area contributed by atoms with Gasteiger partial charge in [-0.15, -0.1) is 5.10 Å². The maximum atomic E-state index is 5.97. The monoisotopic (exact) mass is 235 g/mol. The van der Waals surface area contributed by atoms with Gasteiger partial charge < -0.3 is 5.73 Å². The van der Waals surface area contributed by atoms with Crippen LogP contribution < -0.4 is 5.73 Å². The average Bonchev–Trinajstić information content (AvgIpc) is 2.90. The Morgan fingerprint density at radius 2 is 2.29 bits per heavy atom. The Morgan fingerprint density at radius 1 is 1.47 bits per heavy atom. The zero-order valence-corrected chi connectivity index (χ0v) is 10.1. The van der Waals surface area contributed by atoms with Crippen LogP contribution in [0, 0.1) is 0 Å². The van der Waals surface area contributed by atoms with Crippen LogP contribution in [0.5, 0.6) is 0 Å². The van der Waals surface area contributed by atoms with E-state index in [2.05, 4.69) is 27.3 Å². The van der Waals surface area contributed by atoms with Gasteiger partial charge in [-0.2, -0.15) is 5.10 Å². The van der Waals surface area contributed by atoms with Crippen LogP contribution in [0.4, 0.5) is 0 Å². The van der Waals surface area contributed by atoms with Gasteiger partial charge in [0.25, 0.3) is 0 Å². The molecule has 0 aliphatic rings. The lowest BCUT2D eigenvalue weighted by atomic mass is 10.1. The van der Waals surface area contributed by atoms with Crippen molar-refractivity contribution >= 4 is 0 Å². The molecule has 0 aromatic carbocycles. The molecule has 0 aliphatic carbocycles. The van der Waals surface area contributed by atoms with Crippen molar-refractivity contribution in [3.63, 3.8) is 0 Å². The molecule has 0 fully saturated rings. The molecule has 0 amide bonds. The minimum atomic E-state index is -0.0340. The summed E-state index contributed by atoms with van der Waals surface area (Å²) in [5, 5.41) is 12.1. The molecule has 0 bridgehead atoms. The molecule has 0 spiro atoms. The Hall–Kier alpha value is -1.76. The van der Waals surface area contributed by atoms with Gasteiger partial charge in [0, 0.05) is 7.05 Å². The number of aryl methyl sites for hydroxylation is 1. The van der Waals surface area contributed by atoms with E-state index in [1.807, 2.05) is 13.2 Å². The topological polar surface area (TPSA) is 87.4 Å². The number of rotatable bonds is 5. The van der Waals surface area contributed by atoms with Gasteiger partial charge in [0.15, 0.2) is 0 Å². The number of hydrogen-bond donors (Lipinski definition) is 1. The lowest BCUT2D eigenvalue weighted by Crippen LogP contribution is -2.10. The van der Waals surface area contributed by atoms with E-state index < -0.39 is 0 Å². The first-order chi connectivity index (χ1) is 8.20. The summed E-state index contributed by atoms with van der Waals surface area (Å²) >= 11 is 0. The van der Waals surface area contributed by atoms with Gasteiger partial charge >= 0.3 is 0 Å². The Bertz CT molecular complexity index is 472. The molecule has 0 radical (unpaired) electrons. The van der Waals surface area contributed by atoms with Crippen molar-refractivity contribution in [3.8, 4) is 0 Å². The summed E-state index contributed by atoms with van der Waals surface area (Å²) in [4.78, 5) is 4.13. The van der Waals surface area contributed by atoms with Crippen LogP contribution in [0.25, 0.3) is 0 Å². The number of hydrogen-bond acceptors (Lipinski definition) is 5. The Labute approximate surface area is 99.6 Å². The molecular weight excluding hydrogens is 218 g/mol. The van der Waals surface area contributed by atoms with Crippen molar-refractivity contribution in [1.29, 1.82) is 0 Å². The van der Waals surface area contributed by atoms with Crippen LogP contribution in [-0.2, 0) is 13.6 Å². The highest BCUT2D eigenvalue weighted by molar-refractivity contribution is 5.00. The third-order valence-electron chi connectivity index (χ3n) is 2.64. The van der Waals surface area contributed by atoms with Crippen molar-refractivity contribution < 1.29 is 0 Å². The quantitative estimate of drug-likeness (QED) is 0.803. The first-order valence-electron chi connectivity index (χ1n) is 5.69. The van der Waals surface area contributed by atoms with Gasteiger partial charge in [0.2, 0.25) is 0 Å². The van der Waals surface area contributed by atoms with E-state index in [0.29, 0.717) is 6.54 Å². The zero-order valence-electron chi connectivity index (χ0n) is 10.1. The van der Waals surface area contributed by atoms with E-state index in [1.165, 1.54) is 6.33 Å².